The number of phenolic OH excluding ortho intramolecular Hbond substituents is 1. The third-order valence-corrected chi connectivity index (χ3v) is 8.86. The van der Waals surface area contributed by atoms with Crippen molar-refractivity contribution in [3.05, 3.63) is 94.6 Å². The van der Waals surface area contributed by atoms with Crippen LogP contribution in [0, 0.1) is 6.92 Å². The van der Waals surface area contributed by atoms with Gasteiger partial charge in [0.25, 0.3) is 10.0 Å². The molecule has 0 unspecified atom stereocenters. The summed E-state index contributed by atoms with van der Waals surface area (Å²) in [6, 6.07) is 21.1. The van der Waals surface area contributed by atoms with Crippen LogP contribution in [0.15, 0.2) is 93.7 Å². The molecule has 0 saturated carbocycles. The first-order valence-corrected chi connectivity index (χ1v) is 13.5. The average molecular weight is 541 g/mol. The second-order valence-electron chi connectivity index (χ2n) is 7.89. The Labute approximate surface area is 216 Å². The lowest BCUT2D eigenvalue weighted by Gasteiger charge is -2.16. The molecule has 35 heavy (non-hydrogen) atoms. The van der Waals surface area contributed by atoms with Gasteiger partial charge in [0.05, 0.1) is 21.1 Å². The Kier molecular flexibility index (Phi) is 6.27. The lowest BCUT2D eigenvalue weighted by molar-refractivity contribution is 0.469. The first kappa shape index (κ1) is 23.8. The fourth-order valence-corrected chi connectivity index (χ4v) is 6.75. The summed E-state index contributed by atoms with van der Waals surface area (Å²) in [7, 11) is -4.06. The third-order valence-electron chi connectivity index (χ3n) is 5.54. The zero-order chi connectivity index (χ0) is 24.7. The zero-order valence-electron chi connectivity index (χ0n) is 18.3. The molecule has 1 aromatic heterocycles. The van der Waals surface area contributed by atoms with Gasteiger partial charge in [-0.15, -0.1) is 0 Å². The molecule has 2 N–H and O–H groups in total. The number of hydrogen-bond acceptors (Lipinski definition) is 5. The minimum atomic E-state index is -4.06. The second-order valence-corrected chi connectivity index (χ2v) is 11.4. The Morgan fingerprint density at radius 1 is 0.886 bits per heavy atom. The monoisotopic (exact) mass is 540 g/mol. The highest BCUT2D eigenvalue weighted by Crippen LogP contribution is 2.44. The highest BCUT2D eigenvalue weighted by molar-refractivity contribution is 7.99. The van der Waals surface area contributed by atoms with Gasteiger partial charge >= 0.3 is 0 Å². The molecule has 0 aliphatic carbocycles. The van der Waals surface area contributed by atoms with Gasteiger partial charge in [-0.05, 0) is 42.8 Å². The van der Waals surface area contributed by atoms with Crippen molar-refractivity contribution in [1.29, 1.82) is 0 Å². The third kappa shape index (κ3) is 4.52. The molecule has 0 aliphatic rings. The number of hydrogen-bond donors (Lipinski definition) is 2. The summed E-state index contributed by atoms with van der Waals surface area (Å²) in [6.07, 6.45) is 1.71. The summed E-state index contributed by atoms with van der Waals surface area (Å²) in [6.45, 7) is 1.71. The topological polar surface area (TPSA) is 79.3 Å². The van der Waals surface area contributed by atoms with E-state index < -0.39 is 10.0 Å². The summed E-state index contributed by atoms with van der Waals surface area (Å²) in [5.74, 6) is 0.0573. The van der Waals surface area contributed by atoms with E-state index in [0.717, 1.165) is 15.8 Å². The highest BCUT2D eigenvalue weighted by Gasteiger charge is 2.22. The molecule has 5 rings (SSSR count). The maximum Gasteiger partial charge on any atom is 0.263 e. The van der Waals surface area contributed by atoms with Crippen molar-refractivity contribution in [1.82, 2.24) is 4.98 Å². The van der Waals surface area contributed by atoms with E-state index in [-0.39, 0.29) is 15.7 Å². The number of phenols is 1. The van der Waals surface area contributed by atoms with Gasteiger partial charge in [-0.25, -0.2) is 8.42 Å². The molecule has 0 aliphatic heterocycles. The van der Waals surface area contributed by atoms with Crippen LogP contribution in [0.3, 0.4) is 0 Å². The Hall–Kier alpha value is -2.97. The molecule has 5 aromatic rings. The van der Waals surface area contributed by atoms with Crippen LogP contribution in [-0.4, -0.2) is 18.5 Å². The standard InChI is InChI=1S/C26H18Cl2N2O3S2/c1-15-12-24(20(28)13-19(15)27)35(32,33)30-21-14-23(26(31)18-9-3-2-8-17(18)21)34-22-10-4-6-16-7-5-11-29-25(16)22/h2-14,30-31H,1H3. The van der Waals surface area contributed by atoms with Gasteiger partial charge in [0.2, 0.25) is 0 Å². The van der Waals surface area contributed by atoms with Crippen molar-refractivity contribution in [3.8, 4) is 5.75 Å². The maximum atomic E-state index is 13.3. The number of halogens is 2. The molecule has 176 valence electrons. The van der Waals surface area contributed by atoms with Crippen molar-refractivity contribution < 1.29 is 13.5 Å². The van der Waals surface area contributed by atoms with Gasteiger partial charge in [-0.3, -0.25) is 9.71 Å². The normalized spacial score (nSPS) is 11.7. The predicted octanol–water partition coefficient (Wildman–Crippen LogP) is 7.66. The summed E-state index contributed by atoms with van der Waals surface area (Å²) in [5.41, 5.74) is 1.70. The second kappa shape index (κ2) is 9.24. The number of rotatable bonds is 5. The number of benzene rings is 4. The molecule has 0 spiro atoms. The molecule has 4 aromatic carbocycles. The molecule has 0 atom stereocenters. The van der Waals surface area contributed by atoms with E-state index in [1.54, 1.807) is 43.5 Å². The number of pyridine rings is 1. The van der Waals surface area contributed by atoms with Crippen molar-refractivity contribution in [2.24, 2.45) is 0 Å². The number of nitrogens with one attached hydrogen (secondary N) is 1. The van der Waals surface area contributed by atoms with Crippen LogP contribution in [0.5, 0.6) is 5.75 Å². The largest absolute Gasteiger partial charge is 0.506 e. The van der Waals surface area contributed by atoms with Gasteiger partial charge in [-0.2, -0.15) is 0 Å². The number of anilines is 1. The number of sulfonamides is 1. The van der Waals surface area contributed by atoms with E-state index in [9.17, 15) is 13.5 Å². The van der Waals surface area contributed by atoms with Gasteiger partial charge in [0.1, 0.15) is 10.6 Å². The van der Waals surface area contributed by atoms with E-state index in [4.69, 9.17) is 23.2 Å². The van der Waals surface area contributed by atoms with Crippen LogP contribution in [0.2, 0.25) is 10.0 Å². The van der Waals surface area contributed by atoms with Gasteiger partial charge in [0.15, 0.2) is 0 Å². The zero-order valence-corrected chi connectivity index (χ0v) is 21.4. The van der Waals surface area contributed by atoms with Crippen LogP contribution >= 0.6 is 35.0 Å². The Morgan fingerprint density at radius 2 is 1.63 bits per heavy atom. The molecule has 0 bridgehead atoms. The Morgan fingerprint density at radius 3 is 2.43 bits per heavy atom. The molecular formula is C26H18Cl2N2O3S2. The minimum Gasteiger partial charge on any atom is -0.506 e. The summed E-state index contributed by atoms with van der Waals surface area (Å²) < 4.78 is 29.3. The summed E-state index contributed by atoms with van der Waals surface area (Å²) >= 11 is 13.6. The maximum absolute atomic E-state index is 13.3. The van der Waals surface area contributed by atoms with Gasteiger partial charge in [-0.1, -0.05) is 77.4 Å². The van der Waals surface area contributed by atoms with Crippen LogP contribution in [0.1, 0.15) is 5.56 Å². The van der Waals surface area contributed by atoms with Crippen LogP contribution < -0.4 is 4.72 Å². The van der Waals surface area contributed by atoms with E-state index in [1.807, 2.05) is 30.3 Å². The quantitative estimate of drug-likeness (QED) is 0.223. The first-order valence-electron chi connectivity index (χ1n) is 10.5. The van der Waals surface area contributed by atoms with E-state index in [2.05, 4.69) is 9.71 Å². The molecular weight excluding hydrogens is 523 g/mol. The van der Waals surface area contributed by atoms with Crippen molar-refractivity contribution in [2.75, 3.05) is 4.72 Å². The van der Waals surface area contributed by atoms with Gasteiger partial charge in [0, 0.05) is 32.3 Å². The average Bonchev–Trinajstić information content (AvgIpc) is 2.84. The number of aromatic nitrogens is 1. The van der Waals surface area contributed by atoms with E-state index in [1.165, 1.54) is 23.9 Å². The van der Waals surface area contributed by atoms with Gasteiger partial charge < -0.3 is 5.11 Å². The minimum absolute atomic E-state index is 0.0209. The highest BCUT2D eigenvalue weighted by atomic mass is 35.5. The summed E-state index contributed by atoms with van der Waals surface area (Å²) in [4.78, 5) is 5.71. The fraction of sp³-hybridized carbons (Fsp3) is 0.0385. The van der Waals surface area contributed by atoms with Crippen LogP contribution in [-0.2, 0) is 10.0 Å². The Balaban J connectivity index is 1.64. The molecule has 1 heterocycles. The molecule has 0 saturated heterocycles. The molecule has 9 heteroatoms. The molecule has 0 amide bonds. The fourth-order valence-electron chi connectivity index (χ4n) is 3.81. The van der Waals surface area contributed by atoms with Crippen molar-refractivity contribution in [2.45, 2.75) is 21.6 Å². The van der Waals surface area contributed by atoms with Crippen LogP contribution in [0.25, 0.3) is 21.7 Å². The van der Waals surface area contributed by atoms with E-state index in [0.29, 0.717) is 31.9 Å². The Bertz CT molecular complexity index is 1720. The number of aryl methyl sites for hydroxylation is 1. The molecule has 0 fully saturated rings. The number of aromatic hydroxyl groups is 1. The lowest BCUT2D eigenvalue weighted by Crippen LogP contribution is -2.14. The first-order chi connectivity index (χ1) is 16.7. The van der Waals surface area contributed by atoms with Crippen molar-refractivity contribution in [3.63, 3.8) is 0 Å². The summed E-state index contributed by atoms with van der Waals surface area (Å²) in [5, 5.41) is 13.5. The lowest BCUT2D eigenvalue weighted by atomic mass is 10.1. The molecule has 5 nitrogen and oxygen atoms in total. The van der Waals surface area contributed by atoms with E-state index >= 15 is 0 Å². The van der Waals surface area contributed by atoms with Crippen molar-refractivity contribution >= 4 is 72.3 Å². The SMILES string of the molecule is Cc1cc(S(=O)(=O)Nc2cc(Sc3cccc4cccnc34)c(O)c3ccccc23)c(Cl)cc1Cl. The number of nitrogens with zero attached hydrogens (tertiary/aromatic N) is 1. The number of para-hydroxylation sites is 1. The smallest absolute Gasteiger partial charge is 0.263 e. The predicted molar refractivity (Wildman–Crippen MR) is 143 cm³/mol. The number of fused-ring (bicyclic) bond motifs is 2. The molecule has 0 radical (unpaired) electrons. The van der Waals surface area contributed by atoms with Crippen LogP contribution in [0.4, 0.5) is 5.69 Å².